The number of cyclic esters (lactones) is 1. The van der Waals surface area contributed by atoms with E-state index in [4.69, 9.17) is 4.74 Å². The van der Waals surface area contributed by atoms with Gasteiger partial charge in [0.1, 0.15) is 12.4 Å². The Balaban J connectivity index is 1.81. The highest BCUT2D eigenvalue weighted by Crippen LogP contribution is 2.23. The number of hydrogen-bond donors (Lipinski definition) is 1. The third kappa shape index (κ3) is 2.25. The predicted molar refractivity (Wildman–Crippen MR) is 69.9 cm³/mol. The highest BCUT2D eigenvalue weighted by Gasteiger charge is 2.21. The lowest BCUT2D eigenvalue weighted by molar-refractivity contribution is 0.0535. The summed E-state index contributed by atoms with van der Waals surface area (Å²) in [7, 11) is 0. The van der Waals surface area contributed by atoms with Crippen LogP contribution in [0.2, 0.25) is 0 Å². The summed E-state index contributed by atoms with van der Waals surface area (Å²) in [6.07, 6.45) is 0. The smallest absolute Gasteiger partial charge is 0.338 e. The van der Waals surface area contributed by atoms with E-state index in [2.05, 4.69) is 5.32 Å². The molecular formula is C15H10FNO3. The minimum Gasteiger partial charge on any atom is -0.457 e. The van der Waals surface area contributed by atoms with Crippen LogP contribution in [0.4, 0.5) is 10.1 Å². The van der Waals surface area contributed by atoms with Crippen LogP contribution in [0.1, 0.15) is 26.3 Å². The topological polar surface area (TPSA) is 55.4 Å². The van der Waals surface area contributed by atoms with Crippen LogP contribution in [0.25, 0.3) is 0 Å². The second-order valence-electron chi connectivity index (χ2n) is 4.41. The largest absolute Gasteiger partial charge is 0.457 e. The molecule has 0 saturated heterocycles. The molecule has 1 N–H and O–H groups in total. The Labute approximate surface area is 114 Å². The van der Waals surface area contributed by atoms with Crippen molar-refractivity contribution in [3.8, 4) is 0 Å². The summed E-state index contributed by atoms with van der Waals surface area (Å²) in [5.41, 5.74) is 2.10. The van der Waals surface area contributed by atoms with Gasteiger partial charge in [-0.2, -0.15) is 0 Å². The molecule has 5 heteroatoms. The van der Waals surface area contributed by atoms with Gasteiger partial charge in [0.2, 0.25) is 0 Å². The quantitative estimate of drug-likeness (QED) is 0.854. The molecule has 2 aromatic rings. The molecule has 3 rings (SSSR count). The Morgan fingerprint density at radius 1 is 1.15 bits per heavy atom. The summed E-state index contributed by atoms with van der Waals surface area (Å²) in [6.45, 7) is 0.264. The number of halogens is 1. The van der Waals surface area contributed by atoms with Crippen LogP contribution in [0.5, 0.6) is 0 Å². The van der Waals surface area contributed by atoms with Gasteiger partial charge in [-0.15, -0.1) is 0 Å². The van der Waals surface area contributed by atoms with Gasteiger partial charge in [0.05, 0.1) is 5.56 Å². The Morgan fingerprint density at radius 2 is 1.90 bits per heavy atom. The van der Waals surface area contributed by atoms with E-state index in [1.165, 1.54) is 24.3 Å². The van der Waals surface area contributed by atoms with Crippen LogP contribution in [0, 0.1) is 5.82 Å². The number of anilines is 1. The Bertz CT molecular complexity index is 695. The van der Waals surface area contributed by atoms with Gasteiger partial charge in [-0.25, -0.2) is 9.18 Å². The van der Waals surface area contributed by atoms with Crippen molar-refractivity contribution in [3.05, 3.63) is 65.0 Å². The van der Waals surface area contributed by atoms with Crippen LogP contribution >= 0.6 is 0 Å². The number of benzene rings is 2. The second kappa shape index (κ2) is 4.77. The van der Waals surface area contributed by atoms with Crippen LogP contribution in [0.3, 0.4) is 0 Å². The third-order valence-corrected chi connectivity index (χ3v) is 3.05. The molecule has 0 bridgehead atoms. The fourth-order valence-electron chi connectivity index (χ4n) is 2.00. The second-order valence-corrected chi connectivity index (χ2v) is 4.41. The van der Waals surface area contributed by atoms with E-state index in [1.54, 1.807) is 18.2 Å². The summed E-state index contributed by atoms with van der Waals surface area (Å²) in [6, 6.07) is 10.2. The molecule has 1 aliphatic heterocycles. The first-order valence-electron chi connectivity index (χ1n) is 6.00. The lowest BCUT2D eigenvalue weighted by Crippen LogP contribution is -2.12. The summed E-state index contributed by atoms with van der Waals surface area (Å²) < 4.78 is 17.7. The zero-order chi connectivity index (χ0) is 14.1. The van der Waals surface area contributed by atoms with E-state index in [1.807, 2.05) is 0 Å². The van der Waals surface area contributed by atoms with E-state index in [0.29, 0.717) is 16.8 Å². The minimum absolute atomic E-state index is 0.264. The molecule has 1 heterocycles. The van der Waals surface area contributed by atoms with Gasteiger partial charge < -0.3 is 10.1 Å². The van der Waals surface area contributed by atoms with E-state index in [0.717, 1.165) is 5.56 Å². The maximum atomic E-state index is 12.8. The first-order chi connectivity index (χ1) is 9.63. The normalized spacial score (nSPS) is 12.8. The average molecular weight is 271 g/mol. The summed E-state index contributed by atoms with van der Waals surface area (Å²) in [4.78, 5) is 23.4. The molecule has 1 aliphatic rings. The van der Waals surface area contributed by atoms with Gasteiger partial charge in [0.15, 0.2) is 0 Å². The third-order valence-electron chi connectivity index (χ3n) is 3.05. The van der Waals surface area contributed by atoms with Gasteiger partial charge in [-0.05, 0) is 36.4 Å². The molecule has 0 spiro atoms. The first-order valence-corrected chi connectivity index (χ1v) is 6.00. The van der Waals surface area contributed by atoms with Crippen molar-refractivity contribution >= 4 is 17.6 Å². The van der Waals surface area contributed by atoms with Crippen molar-refractivity contribution in [3.63, 3.8) is 0 Å². The fourth-order valence-corrected chi connectivity index (χ4v) is 2.00. The molecule has 0 saturated carbocycles. The minimum atomic E-state index is -0.401. The van der Waals surface area contributed by atoms with E-state index in [-0.39, 0.29) is 12.5 Å². The number of amides is 1. The molecule has 4 nitrogen and oxygen atoms in total. The van der Waals surface area contributed by atoms with Crippen molar-refractivity contribution in [1.82, 2.24) is 0 Å². The van der Waals surface area contributed by atoms with Gasteiger partial charge in [-0.3, -0.25) is 4.79 Å². The van der Waals surface area contributed by atoms with E-state index in [9.17, 15) is 14.0 Å². The molecule has 0 atom stereocenters. The molecule has 0 radical (unpaired) electrons. The van der Waals surface area contributed by atoms with E-state index >= 15 is 0 Å². The zero-order valence-electron chi connectivity index (χ0n) is 10.4. The van der Waals surface area contributed by atoms with Gasteiger partial charge in [0.25, 0.3) is 5.91 Å². The van der Waals surface area contributed by atoms with Crippen molar-refractivity contribution < 1.29 is 18.7 Å². The Kier molecular flexibility index (Phi) is 2.95. The summed E-state index contributed by atoms with van der Waals surface area (Å²) >= 11 is 0. The van der Waals surface area contributed by atoms with Crippen molar-refractivity contribution in [2.45, 2.75) is 6.61 Å². The summed E-state index contributed by atoms with van der Waals surface area (Å²) in [5, 5.41) is 2.66. The van der Waals surface area contributed by atoms with Crippen molar-refractivity contribution in [1.29, 1.82) is 0 Å². The van der Waals surface area contributed by atoms with Gasteiger partial charge >= 0.3 is 5.97 Å². The highest BCUT2D eigenvalue weighted by molar-refractivity contribution is 6.05. The SMILES string of the molecule is O=C(Nc1ccc2c(c1)C(=O)OC2)c1ccc(F)cc1. The Morgan fingerprint density at radius 3 is 2.65 bits per heavy atom. The van der Waals surface area contributed by atoms with Crippen LogP contribution < -0.4 is 5.32 Å². The molecule has 100 valence electrons. The Hall–Kier alpha value is -2.69. The fraction of sp³-hybridized carbons (Fsp3) is 0.0667. The predicted octanol–water partition coefficient (Wildman–Crippen LogP) is 2.75. The van der Waals surface area contributed by atoms with Crippen LogP contribution in [0.15, 0.2) is 42.5 Å². The molecule has 0 aliphatic carbocycles. The van der Waals surface area contributed by atoms with Gasteiger partial charge in [-0.1, -0.05) is 6.07 Å². The molecule has 0 aromatic heterocycles. The number of hydrogen-bond acceptors (Lipinski definition) is 3. The number of ether oxygens (including phenoxy) is 1. The molecular weight excluding hydrogens is 261 g/mol. The van der Waals surface area contributed by atoms with E-state index < -0.39 is 11.8 Å². The maximum Gasteiger partial charge on any atom is 0.338 e. The molecule has 20 heavy (non-hydrogen) atoms. The van der Waals surface area contributed by atoms with Gasteiger partial charge in [0, 0.05) is 16.8 Å². The highest BCUT2D eigenvalue weighted by atomic mass is 19.1. The van der Waals surface area contributed by atoms with Crippen LogP contribution in [-0.4, -0.2) is 11.9 Å². The maximum absolute atomic E-state index is 12.8. The molecule has 1 amide bonds. The average Bonchev–Trinajstić information content (AvgIpc) is 2.81. The standard InChI is InChI=1S/C15H10FNO3/c16-11-4-1-9(2-5-11)14(18)17-12-6-3-10-8-20-15(19)13(10)7-12/h1-7H,8H2,(H,17,18). The summed E-state index contributed by atoms with van der Waals surface area (Å²) in [5.74, 6) is -1.16. The first kappa shape index (κ1) is 12.3. The number of esters is 1. The zero-order valence-corrected chi connectivity index (χ0v) is 10.4. The molecule has 0 unspecified atom stereocenters. The number of carbonyl (C=O) groups excluding carboxylic acids is 2. The number of nitrogens with one attached hydrogen (secondary N) is 1. The number of fused-ring (bicyclic) bond motifs is 1. The lowest BCUT2D eigenvalue weighted by Gasteiger charge is -2.06. The van der Waals surface area contributed by atoms with Crippen molar-refractivity contribution in [2.75, 3.05) is 5.32 Å². The van der Waals surface area contributed by atoms with Crippen molar-refractivity contribution in [2.24, 2.45) is 0 Å². The number of rotatable bonds is 2. The molecule has 0 fully saturated rings. The monoisotopic (exact) mass is 271 g/mol. The lowest BCUT2D eigenvalue weighted by atomic mass is 10.1. The molecule has 2 aromatic carbocycles. The van der Waals surface area contributed by atoms with Crippen LogP contribution in [-0.2, 0) is 11.3 Å². The number of carbonyl (C=O) groups is 2.